The van der Waals surface area contributed by atoms with Crippen LogP contribution in [0.2, 0.25) is 0 Å². The molecule has 1 aliphatic rings. The monoisotopic (exact) mass is 463 g/mol. The van der Waals surface area contributed by atoms with Crippen LogP contribution >= 0.6 is 11.3 Å². The lowest BCUT2D eigenvalue weighted by Crippen LogP contribution is -2.24. The van der Waals surface area contributed by atoms with Gasteiger partial charge in [0.05, 0.1) is 22.2 Å². The van der Waals surface area contributed by atoms with E-state index in [1.807, 2.05) is 45.0 Å². The van der Waals surface area contributed by atoms with Gasteiger partial charge in [0.15, 0.2) is 0 Å². The van der Waals surface area contributed by atoms with Gasteiger partial charge < -0.3 is 4.74 Å². The lowest BCUT2D eigenvalue weighted by Gasteiger charge is -2.34. The van der Waals surface area contributed by atoms with Crippen LogP contribution in [0.25, 0.3) is 16.5 Å². The summed E-state index contributed by atoms with van der Waals surface area (Å²) in [6, 6.07) is 18.6. The molecule has 3 heteroatoms. The SMILES string of the molecule is C=Cc1nc(C)sc1-c1ccccc1.CC.Cc1ccc(OCC(C)CC2CC(C)C2)cc1. The zero-order valence-corrected chi connectivity index (χ0v) is 22.1. The smallest absolute Gasteiger partial charge is 0.119 e. The van der Waals surface area contributed by atoms with Gasteiger partial charge in [0, 0.05) is 0 Å². The number of benzene rings is 2. The minimum Gasteiger partial charge on any atom is -0.493 e. The minimum atomic E-state index is 0.675. The molecule has 1 fully saturated rings. The number of hydrogen-bond donors (Lipinski definition) is 0. The molecule has 0 amide bonds. The van der Waals surface area contributed by atoms with Gasteiger partial charge in [-0.15, -0.1) is 11.3 Å². The van der Waals surface area contributed by atoms with E-state index in [1.54, 1.807) is 11.3 Å². The fourth-order valence-electron chi connectivity index (χ4n) is 4.15. The van der Waals surface area contributed by atoms with Crippen molar-refractivity contribution in [1.82, 2.24) is 4.98 Å². The van der Waals surface area contributed by atoms with Gasteiger partial charge in [-0.25, -0.2) is 4.98 Å². The van der Waals surface area contributed by atoms with Crippen LogP contribution < -0.4 is 4.74 Å². The zero-order valence-electron chi connectivity index (χ0n) is 21.3. The average Bonchev–Trinajstić information content (AvgIpc) is 3.21. The Hall–Kier alpha value is -2.39. The molecular weight excluding hydrogens is 422 g/mol. The summed E-state index contributed by atoms with van der Waals surface area (Å²) in [5.41, 5.74) is 3.49. The summed E-state index contributed by atoms with van der Waals surface area (Å²) in [7, 11) is 0. The van der Waals surface area contributed by atoms with Crippen LogP contribution in [0.3, 0.4) is 0 Å². The van der Waals surface area contributed by atoms with E-state index in [9.17, 15) is 0 Å². The molecule has 178 valence electrons. The largest absolute Gasteiger partial charge is 0.493 e. The lowest BCUT2D eigenvalue weighted by atomic mass is 9.72. The molecular formula is C30H41NOS. The highest BCUT2D eigenvalue weighted by Gasteiger charge is 2.26. The van der Waals surface area contributed by atoms with Crippen molar-refractivity contribution >= 4 is 17.4 Å². The van der Waals surface area contributed by atoms with E-state index in [0.29, 0.717) is 5.92 Å². The van der Waals surface area contributed by atoms with Crippen molar-refractivity contribution in [2.75, 3.05) is 6.61 Å². The number of hydrogen-bond acceptors (Lipinski definition) is 3. The topological polar surface area (TPSA) is 22.1 Å². The summed E-state index contributed by atoms with van der Waals surface area (Å²) in [6.07, 6.45) is 5.99. The van der Waals surface area contributed by atoms with Crippen LogP contribution in [0.15, 0.2) is 61.2 Å². The van der Waals surface area contributed by atoms with Gasteiger partial charge in [-0.05, 0) is 74.6 Å². The van der Waals surface area contributed by atoms with E-state index in [4.69, 9.17) is 4.74 Å². The van der Waals surface area contributed by atoms with Crippen molar-refractivity contribution < 1.29 is 4.74 Å². The maximum atomic E-state index is 5.82. The van der Waals surface area contributed by atoms with Gasteiger partial charge in [0.1, 0.15) is 5.75 Å². The van der Waals surface area contributed by atoms with Crippen LogP contribution in [-0.2, 0) is 0 Å². The molecule has 0 aliphatic heterocycles. The van der Waals surface area contributed by atoms with E-state index >= 15 is 0 Å². The summed E-state index contributed by atoms with van der Waals surface area (Å²) >= 11 is 1.71. The predicted molar refractivity (Wildman–Crippen MR) is 146 cm³/mol. The summed E-state index contributed by atoms with van der Waals surface area (Å²) in [6.45, 7) is 17.4. The summed E-state index contributed by atoms with van der Waals surface area (Å²) in [4.78, 5) is 5.61. The van der Waals surface area contributed by atoms with Crippen molar-refractivity contribution in [2.24, 2.45) is 17.8 Å². The second kappa shape index (κ2) is 14.0. The number of ether oxygens (including phenoxy) is 1. The quantitative estimate of drug-likeness (QED) is 0.348. The van der Waals surface area contributed by atoms with Crippen LogP contribution in [-0.4, -0.2) is 11.6 Å². The van der Waals surface area contributed by atoms with Crippen LogP contribution in [0.4, 0.5) is 0 Å². The first-order chi connectivity index (χ1) is 15.9. The number of rotatable bonds is 7. The normalized spacial score (nSPS) is 17.4. The second-order valence-electron chi connectivity index (χ2n) is 8.92. The highest BCUT2D eigenvalue weighted by atomic mass is 32.1. The Labute approximate surface area is 205 Å². The van der Waals surface area contributed by atoms with Gasteiger partial charge in [-0.1, -0.05) is 82.3 Å². The molecule has 0 spiro atoms. The predicted octanol–water partition coefficient (Wildman–Crippen LogP) is 9.23. The number of aryl methyl sites for hydroxylation is 2. The molecule has 3 aromatic rings. The van der Waals surface area contributed by atoms with Crippen molar-refractivity contribution in [3.63, 3.8) is 0 Å². The van der Waals surface area contributed by atoms with E-state index in [-0.39, 0.29) is 0 Å². The maximum absolute atomic E-state index is 5.82. The molecule has 33 heavy (non-hydrogen) atoms. The summed E-state index contributed by atoms with van der Waals surface area (Å²) < 4.78 is 5.82. The Morgan fingerprint density at radius 1 is 1.06 bits per heavy atom. The van der Waals surface area contributed by atoms with E-state index in [1.165, 1.54) is 35.3 Å². The molecule has 2 nitrogen and oxygen atoms in total. The molecule has 1 aromatic heterocycles. The van der Waals surface area contributed by atoms with Crippen LogP contribution in [0.1, 0.15) is 63.2 Å². The van der Waals surface area contributed by atoms with E-state index in [0.717, 1.165) is 34.9 Å². The molecule has 1 saturated carbocycles. The zero-order chi connectivity index (χ0) is 24.2. The number of aromatic nitrogens is 1. The molecule has 1 aliphatic carbocycles. The fraction of sp³-hybridized carbons (Fsp3) is 0.433. The van der Waals surface area contributed by atoms with Gasteiger partial charge in [0.25, 0.3) is 0 Å². The maximum Gasteiger partial charge on any atom is 0.119 e. The van der Waals surface area contributed by atoms with E-state index in [2.05, 4.69) is 68.7 Å². The fourth-order valence-corrected chi connectivity index (χ4v) is 5.08. The van der Waals surface area contributed by atoms with Gasteiger partial charge in [-0.3, -0.25) is 0 Å². The van der Waals surface area contributed by atoms with Crippen molar-refractivity contribution in [1.29, 1.82) is 0 Å². The Kier molecular flexibility index (Phi) is 11.4. The van der Waals surface area contributed by atoms with Crippen molar-refractivity contribution in [3.8, 4) is 16.2 Å². The molecule has 4 rings (SSSR count). The lowest BCUT2D eigenvalue weighted by molar-refractivity contribution is 0.151. The van der Waals surface area contributed by atoms with Gasteiger partial charge >= 0.3 is 0 Å². The molecule has 0 saturated heterocycles. The highest BCUT2D eigenvalue weighted by molar-refractivity contribution is 7.15. The van der Waals surface area contributed by atoms with E-state index < -0.39 is 0 Å². The van der Waals surface area contributed by atoms with Crippen LogP contribution in [0.5, 0.6) is 5.75 Å². The van der Waals surface area contributed by atoms with Gasteiger partial charge in [0.2, 0.25) is 0 Å². The standard InChI is InChI=1S/C16H24O.C12H11NS.C2H6/c1-12-4-6-16(7-5-12)17-11-14(3)10-15-8-13(2)9-15;1-3-11-12(14-9(2)13-11)10-7-5-4-6-8-10;1-2/h4-7,13-15H,8-11H2,1-3H3;3-8H,1H2,2H3;1-2H3. The molecule has 1 heterocycles. The van der Waals surface area contributed by atoms with Crippen molar-refractivity contribution in [3.05, 3.63) is 77.4 Å². The average molecular weight is 464 g/mol. The molecule has 2 aromatic carbocycles. The third-order valence-electron chi connectivity index (χ3n) is 5.75. The molecule has 1 unspecified atom stereocenters. The Morgan fingerprint density at radius 3 is 2.27 bits per heavy atom. The first-order valence-corrected chi connectivity index (χ1v) is 13.1. The number of thiazole rings is 1. The Bertz CT molecular complexity index is 939. The molecule has 0 bridgehead atoms. The summed E-state index contributed by atoms with van der Waals surface area (Å²) in [5, 5.41) is 1.08. The first kappa shape index (κ1) is 26.9. The Morgan fingerprint density at radius 2 is 1.70 bits per heavy atom. The molecule has 0 N–H and O–H groups in total. The van der Waals surface area contributed by atoms with Gasteiger partial charge in [-0.2, -0.15) is 0 Å². The minimum absolute atomic E-state index is 0.675. The number of nitrogens with zero attached hydrogens (tertiary/aromatic N) is 1. The van der Waals surface area contributed by atoms with Crippen molar-refractivity contribution in [2.45, 2.75) is 60.8 Å². The first-order valence-electron chi connectivity index (χ1n) is 12.3. The highest BCUT2D eigenvalue weighted by Crippen LogP contribution is 2.37. The van der Waals surface area contributed by atoms with Crippen LogP contribution in [0, 0.1) is 31.6 Å². The molecule has 0 radical (unpaired) electrons. The second-order valence-corrected chi connectivity index (χ2v) is 10.1. The summed E-state index contributed by atoms with van der Waals surface area (Å²) in [5.74, 6) is 3.60. The Balaban J connectivity index is 0.000000221. The molecule has 1 atom stereocenters. The third-order valence-corrected chi connectivity index (χ3v) is 6.79. The third kappa shape index (κ3) is 8.81.